The minimum atomic E-state index is -0.562. The standard InChI is InChI=1S/C10H19NO3/c1-3-7(2)10(14)11-4-8(6-12)9(13)5-11/h7-9,12-13H,3-6H2,1-2H3/t7?,8-,9-/m0/s1. The second-order valence-electron chi connectivity index (χ2n) is 4.06. The second-order valence-corrected chi connectivity index (χ2v) is 4.06. The topological polar surface area (TPSA) is 60.8 Å². The van der Waals surface area contributed by atoms with Gasteiger partial charge in [0.15, 0.2) is 0 Å². The lowest BCUT2D eigenvalue weighted by molar-refractivity contribution is -0.134. The zero-order chi connectivity index (χ0) is 10.7. The van der Waals surface area contributed by atoms with E-state index in [0.717, 1.165) is 6.42 Å². The largest absolute Gasteiger partial charge is 0.396 e. The quantitative estimate of drug-likeness (QED) is 0.667. The molecular formula is C10H19NO3. The molecule has 1 saturated heterocycles. The predicted octanol–water partition coefficient (Wildman–Crippen LogP) is -0.156. The Hall–Kier alpha value is -0.610. The number of carbonyl (C=O) groups excluding carboxylic acids is 1. The Morgan fingerprint density at radius 3 is 2.64 bits per heavy atom. The summed E-state index contributed by atoms with van der Waals surface area (Å²) in [4.78, 5) is 13.4. The smallest absolute Gasteiger partial charge is 0.225 e. The molecule has 1 heterocycles. The third kappa shape index (κ3) is 2.25. The highest BCUT2D eigenvalue weighted by Gasteiger charge is 2.34. The molecule has 0 aliphatic carbocycles. The molecule has 14 heavy (non-hydrogen) atoms. The molecule has 3 atom stereocenters. The van der Waals surface area contributed by atoms with Crippen molar-refractivity contribution in [3.8, 4) is 0 Å². The van der Waals surface area contributed by atoms with E-state index in [2.05, 4.69) is 0 Å². The Balaban J connectivity index is 2.52. The van der Waals surface area contributed by atoms with Gasteiger partial charge in [0, 0.05) is 24.9 Å². The summed E-state index contributed by atoms with van der Waals surface area (Å²) >= 11 is 0. The van der Waals surface area contributed by atoms with Crippen LogP contribution in [0.3, 0.4) is 0 Å². The van der Waals surface area contributed by atoms with Crippen molar-refractivity contribution in [2.75, 3.05) is 19.7 Å². The van der Waals surface area contributed by atoms with Gasteiger partial charge in [-0.15, -0.1) is 0 Å². The van der Waals surface area contributed by atoms with Crippen LogP contribution in [0.2, 0.25) is 0 Å². The molecule has 1 fully saturated rings. The van der Waals surface area contributed by atoms with Gasteiger partial charge in [0.1, 0.15) is 0 Å². The molecule has 1 unspecified atom stereocenters. The van der Waals surface area contributed by atoms with Gasteiger partial charge in [0.05, 0.1) is 12.7 Å². The number of hydrogen-bond acceptors (Lipinski definition) is 3. The third-order valence-electron chi connectivity index (χ3n) is 2.99. The number of hydrogen-bond donors (Lipinski definition) is 2. The normalized spacial score (nSPS) is 29.3. The van der Waals surface area contributed by atoms with Crippen LogP contribution < -0.4 is 0 Å². The number of amides is 1. The summed E-state index contributed by atoms with van der Waals surface area (Å²) in [6.45, 7) is 4.67. The number of carbonyl (C=O) groups is 1. The van der Waals surface area contributed by atoms with Gasteiger partial charge < -0.3 is 15.1 Å². The number of β-amino-alcohol motifs (C(OH)–C–C–N with tert-alkyl or cyclic N) is 1. The Labute approximate surface area is 84.5 Å². The maximum absolute atomic E-state index is 11.7. The molecular weight excluding hydrogens is 182 g/mol. The van der Waals surface area contributed by atoms with E-state index < -0.39 is 6.10 Å². The minimum absolute atomic E-state index is 0.0136. The van der Waals surface area contributed by atoms with Gasteiger partial charge in [-0.1, -0.05) is 13.8 Å². The summed E-state index contributed by atoms with van der Waals surface area (Å²) in [7, 11) is 0. The van der Waals surface area contributed by atoms with Crippen LogP contribution in [0.15, 0.2) is 0 Å². The summed E-state index contributed by atoms with van der Waals surface area (Å²) in [5, 5.41) is 18.4. The second kappa shape index (κ2) is 4.75. The lowest BCUT2D eigenvalue weighted by Crippen LogP contribution is -2.33. The van der Waals surface area contributed by atoms with Gasteiger partial charge in [-0.05, 0) is 6.42 Å². The maximum Gasteiger partial charge on any atom is 0.225 e. The van der Waals surface area contributed by atoms with Crippen molar-refractivity contribution in [2.24, 2.45) is 11.8 Å². The molecule has 4 heteroatoms. The summed E-state index contributed by atoms with van der Waals surface area (Å²) < 4.78 is 0. The van der Waals surface area contributed by atoms with E-state index >= 15 is 0 Å². The molecule has 0 aromatic rings. The average molecular weight is 201 g/mol. The molecule has 1 aliphatic rings. The molecule has 0 aromatic heterocycles. The van der Waals surface area contributed by atoms with Crippen molar-refractivity contribution in [2.45, 2.75) is 26.4 Å². The lowest BCUT2D eigenvalue weighted by atomic mass is 10.1. The highest BCUT2D eigenvalue weighted by molar-refractivity contribution is 5.78. The maximum atomic E-state index is 11.7. The predicted molar refractivity (Wildman–Crippen MR) is 52.6 cm³/mol. The Morgan fingerprint density at radius 2 is 2.21 bits per heavy atom. The summed E-state index contributed by atoms with van der Waals surface area (Å²) in [5.74, 6) is -0.0647. The van der Waals surface area contributed by atoms with E-state index in [1.807, 2.05) is 13.8 Å². The number of rotatable bonds is 3. The molecule has 4 nitrogen and oxygen atoms in total. The SMILES string of the molecule is CCC(C)C(=O)N1C[C@@H](CO)[C@@H](O)C1. The van der Waals surface area contributed by atoms with E-state index in [0.29, 0.717) is 13.1 Å². The van der Waals surface area contributed by atoms with Crippen LogP contribution in [0.1, 0.15) is 20.3 Å². The van der Waals surface area contributed by atoms with Crippen molar-refractivity contribution in [3.63, 3.8) is 0 Å². The van der Waals surface area contributed by atoms with Crippen molar-refractivity contribution < 1.29 is 15.0 Å². The molecule has 2 N–H and O–H groups in total. The first-order valence-corrected chi connectivity index (χ1v) is 5.17. The highest BCUT2D eigenvalue weighted by Crippen LogP contribution is 2.19. The van der Waals surface area contributed by atoms with Crippen LogP contribution in [-0.2, 0) is 4.79 Å². The third-order valence-corrected chi connectivity index (χ3v) is 2.99. The van der Waals surface area contributed by atoms with Crippen molar-refractivity contribution in [1.82, 2.24) is 4.90 Å². The first kappa shape index (κ1) is 11.5. The molecule has 1 aliphatic heterocycles. The van der Waals surface area contributed by atoms with Crippen LogP contribution in [0.4, 0.5) is 0 Å². The van der Waals surface area contributed by atoms with Crippen LogP contribution in [-0.4, -0.2) is 46.8 Å². The van der Waals surface area contributed by atoms with Crippen LogP contribution in [0, 0.1) is 11.8 Å². The number of likely N-dealkylation sites (tertiary alicyclic amines) is 1. The highest BCUT2D eigenvalue weighted by atomic mass is 16.3. The molecule has 1 rings (SSSR count). The molecule has 1 amide bonds. The van der Waals surface area contributed by atoms with Gasteiger partial charge in [-0.3, -0.25) is 4.79 Å². The van der Waals surface area contributed by atoms with Crippen molar-refractivity contribution >= 4 is 5.91 Å². The van der Waals surface area contributed by atoms with Gasteiger partial charge in [0.25, 0.3) is 0 Å². The van der Waals surface area contributed by atoms with Crippen LogP contribution in [0.25, 0.3) is 0 Å². The first-order valence-electron chi connectivity index (χ1n) is 5.17. The molecule has 0 spiro atoms. The zero-order valence-corrected chi connectivity index (χ0v) is 8.81. The van der Waals surface area contributed by atoms with Gasteiger partial charge >= 0.3 is 0 Å². The van der Waals surface area contributed by atoms with E-state index in [1.165, 1.54) is 0 Å². The fraction of sp³-hybridized carbons (Fsp3) is 0.900. The minimum Gasteiger partial charge on any atom is -0.396 e. The Kier molecular flexibility index (Phi) is 3.89. The van der Waals surface area contributed by atoms with Gasteiger partial charge in [-0.2, -0.15) is 0 Å². The van der Waals surface area contributed by atoms with Crippen LogP contribution in [0.5, 0.6) is 0 Å². The molecule has 0 radical (unpaired) electrons. The lowest BCUT2D eigenvalue weighted by Gasteiger charge is -2.19. The van der Waals surface area contributed by atoms with E-state index in [4.69, 9.17) is 5.11 Å². The Morgan fingerprint density at radius 1 is 1.57 bits per heavy atom. The van der Waals surface area contributed by atoms with E-state index in [9.17, 15) is 9.90 Å². The average Bonchev–Trinajstić information content (AvgIpc) is 2.57. The van der Waals surface area contributed by atoms with Crippen LogP contribution >= 0.6 is 0 Å². The zero-order valence-electron chi connectivity index (χ0n) is 8.81. The Bertz CT molecular complexity index is 208. The fourth-order valence-electron chi connectivity index (χ4n) is 1.70. The molecule has 0 aromatic carbocycles. The fourth-order valence-corrected chi connectivity index (χ4v) is 1.70. The molecule has 0 saturated carbocycles. The van der Waals surface area contributed by atoms with E-state index in [1.54, 1.807) is 4.90 Å². The molecule has 0 bridgehead atoms. The molecule has 82 valence electrons. The number of aliphatic hydroxyl groups is 2. The van der Waals surface area contributed by atoms with Gasteiger partial charge in [0.2, 0.25) is 5.91 Å². The summed E-state index contributed by atoms with van der Waals surface area (Å²) in [5.41, 5.74) is 0. The first-order chi connectivity index (χ1) is 6.60. The number of nitrogens with zero attached hydrogens (tertiary/aromatic N) is 1. The summed E-state index contributed by atoms with van der Waals surface area (Å²) in [6.07, 6.45) is 0.253. The van der Waals surface area contributed by atoms with Crippen molar-refractivity contribution in [3.05, 3.63) is 0 Å². The van der Waals surface area contributed by atoms with Crippen molar-refractivity contribution in [1.29, 1.82) is 0 Å². The summed E-state index contributed by atoms with van der Waals surface area (Å²) in [6, 6.07) is 0. The van der Waals surface area contributed by atoms with Gasteiger partial charge in [-0.25, -0.2) is 0 Å². The van der Waals surface area contributed by atoms with E-state index in [-0.39, 0.29) is 24.3 Å². The number of aliphatic hydroxyl groups excluding tert-OH is 2. The monoisotopic (exact) mass is 201 g/mol.